The van der Waals surface area contributed by atoms with Crippen LogP contribution in [0.5, 0.6) is 0 Å². The average molecular weight is 310 g/mol. The van der Waals surface area contributed by atoms with Crippen LogP contribution >= 0.6 is 11.3 Å². The lowest BCUT2D eigenvalue weighted by Gasteiger charge is -2.19. The normalized spacial score (nSPS) is 10.5. The van der Waals surface area contributed by atoms with E-state index in [2.05, 4.69) is 19.2 Å². The maximum atomic E-state index is 12.6. The van der Waals surface area contributed by atoms with Crippen molar-refractivity contribution >= 4 is 23.2 Å². The number of aryl methyl sites for hydroxylation is 2. The summed E-state index contributed by atoms with van der Waals surface area (Å²) in [5.41, 5.74) is 1.26. The summed E-state index contributed by atoms with van der Waals surface area (Å²) in [5.74, 6) is -0.139. The third-order valence-corrected chi connectivity index (χ3v) is 4.57. The van der Waals surface area contributed by atoms with Crippen molar-refractivity contribution in [2.45, 2.75) is 47.0 Å². The van der Waals surface area contributed by atoms with Crippen LogP contribution in [0.4, 0.5) is 0 Å². The third kappa shape index (κ3) is 4.84. The molecular weight excluding hydrogens is 284 g/mol. The first-order chi connectivity index (χ1) is 10.1. The summed E-state index contributed by atoms with van der Waals surface area (Å²) >= 11 is 1.58. The molecule has 0 radical (unpaired) electrons. The standard InChI is InChI=1S/C16H26N2O2S/c1-5-9-13-12(6-2)10-14(21-13)16(20)18(8-4)11-15(19)17-7-3/h10H,5-9,11H2,1-4H3,(H,17,19). The van der Waals surface area contributed by atoms with Gasteiger partial charge >= 0.3 is 0 Å². The van der Waals surface area contributed by atoms with Gasteiger partial charge in [-0.2, -0.15) is 0 Å². The van der Waals surface area contributed by atoms with Crippen LogP contribution in [-0.4, -0.2) is 36.3 Å². The lowest BCUT2D eigenvalue weighted by Crippen LogP contribution is -2.40. The molecule has 1 heterocycles. The van der Waals surface area contributed by atoms with Gasteiger partial charge in [0.15, 0.2) is 0 Å². The van der Waals surface area contributed by atoms with E-state index in [1.54, 1.807) is 16.2 Å². The minimum absolute atomic E-state index is 0.0363. The molecule has 0 spiro atoms. The van der Waals surface area contributed by atoms with Gasteiger partial charge in [0.05, 0.1) is 11.4 Å². The predicted molar refractivity (Wildman–Crippen MR) is 88.0 cm³/mol. The van der Waals surface area contributed by atoms with Crippen molar-refractivity contribution in [2.75, 3.05) is 19.6 Å². The Morgan fingerprint density at radius 3 is 2.48 bits per heavy atom. The first-order valence-corrected chi connectivity index (χ1v) is 8.56. The molecule has 0 unspecified atom stereocenters. The van der Waals surface area contributed by atoms with E-state index in [9.17, 15) is 9.59 Å². The Labute approximate surface area is 131 Å². The van der Waals surface area contributed by atoms with Crippen LogP contribution in [0.1, 0.15) is 54.2 Å². The molecule has 1 N–H and O–H groups in total. The van der Waals surface area contributed by atoms with E-state index in [1.807, 2.05) is 19.9 Å². The fourth-order valence-electron chi connectivity index (χ4n) is 2.22. The maximum absolute atomic E-state index is 12.6. The molecule has 2 amide bonds. The second-order valence-corrected chi connectivity index (χ2v) is 6.07. The Morgan fingerprint density at radius 1 is 1.24 bits per heavy atom. The number of thiophene rings is 1. The molecule has 118 valence electrons. The highest BCUT2D eigenvalue weighted by atomic mass is 32.1. The summed E-state index contributed by atoms with van der Waals surface area (Å²) in [6.45, 7) is 9.29. The fourth-order valence-corrected chi connectivity index (χ4v) is 3.54. The first kappa shape index (κ1) is 17.7. The first-order valence-electron chi connectivity index (χ1n) is 7.74. The Morgan fingerprint density at radius 2 is 1.95 bits per heavy atom. The van der Waals surface area contributed by atoms with Gasteiger partial charge < -0.3 is 10.2 Å². The van der Waals surface area contributed by atoms with Gasteiger partial charge in [0.1, 0.15) is 0 Å². The van der Waals surface area contributed by atoms with E-state index >= 15 is 0 Å². The number of nitrogens with zero attached hydrogens (tertiary/aromatic N) is 1. The van der Waals surface area contributed by atoms with Crippen molar-refractivity contribution < 1.29 is 9.59 Å². The van der Waals surface area contributed by atoms with Gasteiger partial charge in [-0.15, -0.1) is 11.3 Å². The van der Waals surface area contributed by atoms with E-state index in [4.69, 9.17) is 0 Å². The van der Waals surface area contributed by atoms with Gasteiger partial charge in [-0.1, -0.05) is 20.3 Å². The summed E-state index contributed by atoms with van der Waals surface area (Å²) in [6, 6.07) is 2.00. The molecule has 4 nitrogen and oxygen atoms in total. The van der Waals surface area contributed by atoms with E-state index in [1.165, 1.54) is 10.4 Å². The summed E-state index contributed by atoms with van der Waals surface area (Å²) in [6.07, 6.45) is 3.04. The molecule has 0 aliphatic carbocycles. The van der Waals surface area contributed by atoms with Crippen molar-refractivity contribution in [1.29, 1.82) is 0 Å². The molecule has 5 heteroatoms. The van der Waals surface area contributed by atoms with Gasteiger partial charge in [0, 0.05) is 18.0 Å². The van der Waals surface area contributed by atoms with Gasteiger partial charge in [-0.3, -0.25) is 9.59 Å². The van der Waals surface area contributed by atoms with Gasteiger partial charge in [0.25, 0.3) is 5.91 Å². The van der Waals surface area contributed by atoms with Crippen molar-refractivity contribution in [3.05, 3.63) is 21.4 Å². The van der Waals surface area contributed by atoms with E-state index in [-0.39, 0.29) is 18.4 Å². The van der Waals surface area contributed by atoms with Gasteiger partial charge in [0.2, 0.25) is 5.91 Å². The van der Waals surface area contributed by atoms with Crippen LogP contribution in [0.2, 0.25) is 0 Å². The number of hydrogen-bond donors (Lipinski definition) is 1. The zero-order valence-electron chi connectivity index (χ0n) is 13.5. The zero-order chi connectivity index (χ0) is 15.8. The zero-order valence-corrected chi connectivity index (χ0v) is 14.3. The van der Waals surface area contributed by atoms with Crippen LogP contribution in [0.15, 0.2) is 6.07 Å². The number of amides is 2. The summed E-state index contributed by atoms with van der Waals surface area (Å²) in [4.78, 5) is 27.9. The number of hydrogen-bond acceptors (Lipinski definition) is 3. The second kappa shape index (κ2) is 8.82. The highest BCUT2D eigenvalue weighted by Gasteiger charge is 2.20. The number of carbonyl (C=O) groups excluding carboxylic acids is 2. The van der Waals surface area contributed by atoms with Crippen LogP contribution in [-0.2, 0) is 17.6 Å². The quantitative estimate of drug-likeness (QED) is 0.802. The summed E-state index contributed by atoms with van der Waals surface area (Å²) in [7, 11) is 0. The Balaban J connectivity index is 2.86. The Hall–Kier alpha value is -1.36. The smallest absolute Gasteiger partial charge is 0.264 e. The van der Waals surface area contributed by atoms with Crippen molar-refractivity contribution in [3.63, 3.8) is 0 Å². The molecule has 0 saturated carbocycles. The average Bonchev–Trinajstić information content (AvgIpc) is 2.88. The number of carbonyl (C=O) groups is 2. The summed E-state index contributed by atoms with van der Waals surface area (Å²) in [5, 5.41) is 2.74. The third-order valence-electron chi connectivity index (χ3n) is 3.34. The number of rotatable bonds is 8. The SMILES string of the molecule is CCCc1sc(C(=O)N(CC)CC(=O)NCC)cc1CC. The number of nitrogens with one attached hydrogen (secondary N) is 1. The number of likely N-dealkylation sites (N-methyl/N-ethyl adjacent to an activating group) is 2. The molecule has 1 aromatic heterocycles. The van der Waals surface area contributed by atoms with Crippen molar-refractivity contribution in [1.82, 2.24) is 10.2 Å². The Bertz CT molecular complexity index is 483. The maximum Gasteiger partial charge on any atom is 0.264 e. The molecule has 0 aliphatic heterocycles. The minimum Gasteiger partial charge on any atom is -0.355 e. The molecule has 21 heavy (non-hydrogen) atoms. The van der Waals surface area contributed by atoms with Crippen molar-refractivity contribution in [3.8, 4) is 0 Å². The predicted octanol–water partition coefficient (Wildman–Crippen LogP) is 2.86. The van der Waals surface area contributed by atoms with E-state index in [0.29, 0.717) is 13.1 Å². The van der Waals surface area contributed by atoms with Crippen LogP contribution in [0, 0.1) is 0 Å². The molecule has 0 bridgehead atoms. The van der Waals surface area contributed by atoms with Crippen molar-refractivity contribution in [2.24, 2.45) is 0 Å². The summed E-state index contributed by atoms with van der Waals surface area (Å²) < 4.78 is 0. The Kier molecular flexibility index (Phi) is 7.43. The van der Waals surface area contributed by atoms with E-state index in [0.717, 1.165) is 24.1 Å². The molecule has 0 aliphatic rings. The van der Waals surface area contributed by atoms with Crippen LogP contribution in [0.3, 0.4) is 0 Å². The van der Waals surface area contributed by atoms with Gasteiger partial charge in [-0.05, 0) is 38.3 Å². The largest absolute Gasteiger partial charge is 0.355 e. The van der Waals surface area contributed by atoms with Crippen LogP contribution in [0.25, 0.3) is 0 Å². The molecule has 0 fully saturated rings. The second-order valence-electron chi connectivity index (χ2n) is 4.94. The van der Waals surface area contributed by atoms with E-state index < -0.39 is 0 Å². The molecule has 1 rings (SSSR count). The molecule has 0 aromatic carbocycles. The minimum atomic E-state index is -0.103. The molecule has 1 aromatic rings. The topological polar surface area (TPSA) is 49.4 Å². The highest BCUT2D eigenvalue weighted by molar-refractivity contribution is 7.14. The lowest BCUT2D eigenvalue weighted by molar-refractivity contribution is -0.121. The highest BCUT2D eigenvalue weighted by Crippen LogP contribution is 2.25. The molecular formula is C16H26N2O2S. The molecule has 0 atom stereocenters. The molecule has 0 saturated heterocycles. The monoisotopic (exact) mass is 310 g/mol. The lowest BCUT2D eigenvalue weighted by atomic mass is 10.1. The van der Waals surface area contributed by atoms with Gasteiger partial charge in [-0.25, -0.2) is 0 Å². The van der Waals surface area contributed by atoms with Crippen LogP contribution < -0.4 is 5.32 Å². The fraction of sp³-hybridized carbons (Fsp3) is 0.625.